The van der Waals surface area contributed by atoms with E-state index in [2.05, 4.69) is 6.92 Å². The molecule has 0 saturated heterocycles. The molecule has 0 bridgehead atoms. The summed E-state index contributed by atoms with van der Waals surface area (Å²) in [7, 11) is 0. The van der Waals surface area contributed by atoms with Crippen molar-refractivity contribution < 1.29 is 19.1 Å². The maximum Gasteiger partial charge on any atom is 0.343 e. The molecule has 4 nitrogen and oxygen atoms in total. The Kier molecular flexibility index (Phi) is 6.59. The van der Waals surface area contributed by atoms with Gasteiger partial charge in [-0.3, -0.25) is 0 Å². The van der Waals surface area contributed by atoms with Gasteiger partial charge in [0.2, 0.25) is 0 Å². The molecule has 0 aromatic heterocycles. The number of benzene rings is 3. The number of rotatable bonds is 6. The van der Waals surface area contributed by atoms with Crippen molar-refractivity contribution in [3.63, 3.8) is 0 Å². The van der Waals surface area contributed by atoms with Gasteiger partial charge in [0, 0.05) is 6.08 Å². The first-order valence-electron chi connectivity index (χ1n) is 9.41. The first-order valence-corrected chi connectivity index (χ1v) is 9.41. The Morgan fingerprint density at radius 3 is 2.00 bits per heavy atom. The quantitative estimate of drug-likeness (QED) is 0.324. The number of hydrogen-bond donors (Lipinski definition) is 0. The Bertz CT molecular complexity index is 998. The van der Waals surface area contributed by atoms with Gasteiger partial charge >= 0.3 is 11.9 Å². The van der Waals surface area contributed by atoms with Crippen LogP contribution in [0, 0.1) is 6.92 Å². The van der Waals surface area contributed by atoms with E-state index in [0.717, 1.165) is 17.5 Å². The average molecular weight is 386 g/mol. The summed E-state index contributed by atoms with van der Waals surface area (Å²) < 4.78 is 10.6. The second kappa shape index (κ2) is 9.51. The van der Waals surface area contributed by atoms with Gasteiger partial charge in [-0.05, 0) is 66.9 Å². The van der Waals surface area contributed by atoms with Crippen LogP contribution in [0.3, 0.4) is 0 Å². The number of esters is 2. The third-order valence-electron chi connectivity index (χ3n) is 4.34. The zero-order valence-corrected chi connectivity index (χ0v) is 16.4. The van der Waals surface area contributed by atoms with E-state index in [1.807, 2.05) is 31.2 Å². The summed E-state index contributed by atoms with van der Waals surface area (Å²) >= 11 is 0. The van der Waals surface area contributed by atoms with Gasteiger partial charge in [-0.1, -0.05) is 48.9 Å². The molecule has 29 heavy (non-hydrogen) atoms. The van der Waals surface area contributed by atoms with Gasteiger partial charge in [-0.2, -0.15) is 0 Å². The van der Waals surface area contributed by atoms with E-state index in [0.29, 0.717) is 17.1 Å². The lowest BCUT2D eigenvalue weighted by Gasteiger charge is -2.05. The fraction of sp³-hybridized carbons (Fsp3) is 0.120. The van der Waals surface area contributed by atoms with Crippen LogP contribution in [0.5, 0.6) is 11.5 Å². The second-order valence-corrected chi connectivity index (χ2v) is 6.58. The van der Waals surface area contributed by atoms with E-state index < -0.39 is 11.9 Å². The summed E-state index contributed by atoms with van der Waals surface area (Å²) in [6.45, 7) is 4.03. The SMILES string of the molecule is CCc1ccc(OC(=O)c2ccc(C=CC(=O)Oc3ccc(C)cc3)cc2)cc1. The van der Waals surface area contributed by atoms with Crippen LogP contribution < -0.4 is 9.47 Å². The topological polar surface area (TPSA) is 52.6 Å². The Hall–Kier alpha value is -3.66. The summed E-state index contributed by atoms with van der Waals surface area (Å²) in [5.74, 6) is 0.113. The fourth-order valence-electron chi connectivity index (χ4n) is 2.61. The Morgan fingerprint density at radius 1 is 0.793 bits per heavy atom. The van der Waals surface area contributed by atoms with E-state index in [1.54, 1.807) is 54.6 Å². The van der Waals surface area contributed by atoms with Crippen LogP contribution in [-0.2, 0) is 11.2 Å². The molecule has 0 unspecified atom stereocenters. The van der Waals surface area contributed by atoms with Gasteiger partial charge < -0.3 is 9.47 Å². The number of carbonyl (C=O) groups excluding carboxylic acids is 2. The van der Waals surface area contributed by atoms with Crippen molar-refractivity contribution in [3.05, 3.63) is 101 Å². The van der Waals surface area contributed by atoms with Crippen LogP contribution in [0.1, 0.15) is 34.0 Å². The molecule has 0 spiro atoms. The Balaban J connectivity index is 1.57. The monoisotopic (exact) mass is 386 g/mol. The van der Waals surface area contributed by atoms with Crippen molar-refractivity contribution in [1.29, 1.82) is 0 Å². The molecular weight excluding hydrogens is 364 g/mol. The third-order valence-corrected chi connectivity index (χ3v) is 4.34. The molecule has 0 aliphatic rings. The number of carbonyl (C=O) groups is 2. The Morgan fingerprint density at radius 2 is 1.38 bits per heavy atom. The largest absolute Gasteiger partial charge is 0.423 e. The zero-order chi connectivity index (χ0) is 20.6. The molecule has 146 valence electrons. The van der Waals surface area contributed by atoms with Crippen LogP contribution >= 0.6 is 0 Å². The number of hydrogen-bond acceptors (Lipinski definition) is 4. The molecule has 0 saturated carbocycles. The van der Waals surface area contributed by atoms with Crippen molar-refractivity contribution in [2.24, 2.45) is 0 Å². The zero-order valence-electron chi connectivity index (χ0n) is 16.4. The summed E-state index contributed by atoms with van der Waals surface area (Å²) in [4.78, 5) is 24.2. The van der Waals surface area contributed by atoms with Crippen molar-refractivity contribution >= 4 is 18.0 Å². The molecule has 4 heteroatoms. The van der Waals surface area contributed by atoms with Gasteiger partial charge in [0.05, 0.1) is 5.56 Å². The first-order chi connectivity index (χ1) is 14.0. The maximum absolute atomic E-state index is 12.3. The predicted molar refractivity (Wildman–Crippen MR) is 113 cm³/mol. The number of aryl methyl sites for hydroxylation is 2. The molecule has 0 atom stereocenters. The van der Waals surface area contributed by atoms with E-state index in [9.17, 15) is 9.59 Å². The van der Waals surface area contributed by atoms with Crippen molar-refractivity contribution in [2.45, 2.75) is 20.3 Å². The maximum atomic E-state index is 12.3. The molecule has 0 radical (unpaired) electrons. The van der Waals surface area contributed by atoms with Gasteiger partial charge in [0.25, 0.3) is 0 Å². The number of ether oxygens (including phenoxy) is 2. The van der Waals surface area contributed by atoms with Crippen molar-refractivity contribution in [2.75, 3.05) is 0 Å². The molecule has 0 heterocycles. The van der Waals surface area contributed by atoms with E-state index >= 15 is 0 Å². The van der Waals surface area contributed by atoms with E-state index in [1.165, 1.54) is 11.6 Å². The lowest BCUT2D eigenvalue weighted by Crippen LogP contribution is -2.08. The van der Waals surface area contributed by atoms with Crippen molar-refractivity contribution in [1.82, 2.24) is 0 Å². The molecule has 0 aliphatic heterocycles. The molecule has 3 rings (SSSR count). The summed E-state index contributed by atoms with van der Waals surface area (Å²) in [5, 5.41) is 0. The van der Waals surface area contributed by atoms with Crippen LogP contribution in [-0.4, -0.2) is 11.9 Å². The van der Waals surface area contributed by atoms with E-state index in [4.69, 9.17) is 9.47 Å². The van der Waals surface area contributed by atoms with Crippen LogP contribution in [0.2, 0.25) is 0 Å². The second-order valence-electron chi connectivity index (χ2n) is 6.58. The van der Waals surface area contributed by atoms with Gasteiger partial charge in [0.15, 0.2) is 0 Å². The highest BCUT2D eigenvalue weighted by molar-refractivity contribution is 5.92. The average Bonchev–Trinajstić information content (AvgIpc) is 2.75. The highest BCUT2D eigenvalue weighted by Crippen LogP contribution is 2.16. The Labute approximate surface area is 170 Å². The highest BCUT2D eigenvalue weighted by atomic mass is 16.5. The first kappa shape index (κ1) is 20.1. The molecule has 0 N–H and O–H groups in total. The van der Waals surface area contributed by atoms with Gasteiger partial charge in [-0.25, -0.2) is 9.59 Å². The minimum atomic E-state index is -0.465. The molecular formula is C25H22O4. The smallest absolute Gasteiger partial charge is 0.343 e. The molecule has 0 aliphatic carbocycles. The minimum absolute atomic E-state index is 0.427. The standard InChI is InChI=1S/C25H22O4/c1-3-19-8-15-23(16-9-19)29-25(27)21-11-6-20(7-12-21)10-17-24(26)28-22-13-4-18(2)5-14-22/h4-17H,3H2,1-2H3. The van der Waals surface area contributed by atoms with Crippen LogP contribution in [0.4, 0.5) is 0 Å². The van der Waals surface area contributed by atoms with Crippen LogP contribution in [0.25, 0.3) is 6.08 Å². The molecule has 0 fully saturated rings. The lowest BCUT2D eigenvalue weighted by molar-refractivity contribution is -0.128. The third kappa shape index (κ3) is 5.91. The molecule has 3 aromatic rings. The predicted octanol–water partition coefficient (Wildman–Crippen LogP) is 5.40. The van der Waals surface area contributed by atoms with Crippen LogP contribution in [0.15, 0.2) is 78.9 Å². The summed E-state index contributed by atoms with van der Waals surface area (Å²) in [6.07, 6.45) is 3.92. The molecule has 3 aromatic carbocycles. The minimum Gasteiger partial charge on any atom is -0.423 e. The summed E-state index contributed by atoms with van der Waals surface area (Å²) in [5.41, 5.74) is 3.48. The lowest BCUT2D eigenvalue weighted by atomic mass is 10.1. The fourth-order valence-corrected chi connectivity index (χ4v) is 2.61. The molecule has 0 amide bonds. The van der Waals surface area contributed by atoms with Gasteiger partial charge in [0.1, 0.15) is 11.5 Å². The van der Waals surface area contributed by atoms with E-state index in [-0.39, 0.29) is 0 Å². The van der Waals surface area contributed by atoms with Gasteiger partial charge in [-0.15, -0.1) is 0 Å². The normalized spacial score (nSPS) is 10.7. The van der Waals surface area contributed by atoms with Crippen molar-refractivity contribution in [3.8, 4) is 11.5 Å². The highest BCUT2D eigenvalue weighted by Gasteiger charge is 2.08. The summed E-state index contributed by atoms with van der Waals surface area (Å²) in [6, 6.07) is 21.5.